The number of rotatable bonds is 5. The maximum absolute atomic E-state index is 12.5. The van der Waals surface area contributed by atoms with Crippen LogP contribution in [0.25, 0.3) is 22.2 Å². The zero-order chi connectivity index (χ0) is 19.3. The van der Waals surface area contributed by atoms with E-state index in [9.17, 15) is 4.79 Å². The van der Waals surface area contributed by atoms with Crippen LogP contribution in [0.3, 0.4) is 0 Å². The number of piperidine rings is 1. The fourth-order valence-electron chi connectivity index (χ4n) is 3.79. The topological polar surface area (TPSA) is 58.1 Å². The van der Waals surface area contributed by atoms with Gasteiger partial charge in [0.15, 0.2) is 0 Å². The number of benzene rings is 2. The molecule has 1 saturated heterocycles. The molecule has 1 atom stereocenters. The molecular weight excluding hydrogens is 348 g/mol. The van der Waals surface area contributed by atoms with E-state index in [0.717, 1.165) is 54.5 Å². The number of carbonyl (C=O) groups excluding carboxylic acids is 1. The predicted molar refractivity (Wildman–Crippen MR) is 113 cm³/mol. The van der Waals surface area contributed by atoms with Crippen LogP contribution in [0.15, 0.2) is 54.6 Å². The van der Waals surface area contributed by atoms with Gasteiger partial charge in [-0.15, -0.1) is 0 Å². The van der Waals surface area contributed by atoms with Crippen molar-refractivity contribution in [2.45, 2.75) is 26.2 Å². The van der Waals surface area contributed by atoms with E-state index >= 15 is 0 Å². The van der Waals surface area contributed by atoms with Crippen LogP contribution >= 0.6 is 0 Å². The molecule has 1 amide bonds. The third-order valence-electron chi connectivity index (χ3n) is 5.26. The van der Waals surface area contributed by atoms with Gasteiger partial charge in [0.2, 0.25) is 11.9 Å². The molecule has 3 aromatic rings. The van der Waals surface area contributed by atoms with Gasteiger partial charge in [0, 0.05) is 30.6 Å². The molecule has 1 unspecified atom stereocenters. The zero-order valence-electron chi connectivity index (χ0n) is 16.3. The van der Waals surface area contributed by atoms with Gasteiger partial charge < -0.3 is 10.2 Å². The molecule has 5 heteroatoms. The molecule has 0 spiro atoms. The first-order valence-corrected chi connectivity index (χ1v) is 10.1. The molecule has 2 aromatic carbocycles. The van der Waals surface area contributed by atoms with Gasteiger partial charge in [-0.3, -0.25) is 4.79 Å². The smallest absolute Gasteiger partial charge is 0.226 e. The second-order valence-electron chi connectivity index (χ2n) is 7.33. The van der Waals surface area contributed by atoms with E-state index in [0.29, 0.717) is 12.5 Å². The molecule has 0 radical (unpaired) electrons. The minimum atomic E-state index is -0.00412. The summed E-state index contributed by atoms with van der Waals surface area (Å²) in [6.07, 6.45) is 2.85. The standard InChI is InChI=1S/C23H26N4O/c1-2-14-24-22(28)18-11-8-15-27(16-18)23-25-20-13-7-6-12-19(20)21(26-23)17-9-4-3-5-10-17/h3-7,9-10,12-13,18H,2,8,11,14-16H2,1H3,(H,24,28). The van der Waals surface area contributed by atoms with Gasteiger partial charge in [-0.05, 0) is 25.3 Å². The van der Waals surface area contributed by atoms with Gasteiger partial charge in [-0.25, -0.2) is 9.97 Å². The van der Waals surface area contributed by atoms with E-state index in [-0.39, 0.29) is 11.8 Å². The van der Waals surface area contributed by atoms with Crippen LogP contribution in [-0.2, 0) is 4.79 Å². The molecule has 1 fully saturated rings. The van der Waals surface area contributed by atoms with Crippen molar-refractivity contribution in [3.8, 4) is 11.3 Å². The Hall–Kier alpha value is -2.95. The molecule has 0 aliphatic carbocycles. The Labute approximate surface area is 165 Å². The Kier molecular flexibility index (Phi) is 5.51. The normalized spacial score (nSPS) is 16.9. The largest absolute Gasteiger partial charge is 0.356 e. The molecule has 1 N–H and O–H groups in total. The Morgan fingerprint density at radius 3 is 2.71 bits per heavy atom. The summed E-state index contributed by atoms with van der Waals surface area (Å²) >= 11 is 0. The van der Waals surface area contributed by atoms with Gasteiger partial charge in [0.25, 0.3) is 0 Å². The molecule has 4 rings (SSSR count). The van der Waals surface area contributed by atoms with Crippen molar-refractivity contribution >= 4 is 22.8 Å². The van der Waals surface area contributed by atoms with Gasteiger partial charge in [-0.1, -0.05) is 55.5 Å². The number of hydrogen-bond acceptors (Lipinski definition) is 4. The van der Waals surface area contributed by atoms with Gasteiger partial charge in [0.05, 0.1) is 17.1 Å². The zero-order valence-corrected chi connectivity index (χ0v) is 16.3. The molecule has 1 aromatic heterocycles. The molecule has 0 bridgehead atoms. The van der Waals surface area contributed by atoms with Crippen LogP contribution in [0.4, 0.5) is 5.95 Å². The van der Waals surface area contributed by atoms with Crippen LogP contribution < -0.4 is 10.2 Å². The summed E-state index contributed by atoms with van der Waals surface area (Å²) < 4.78 is 0. The van der Waals surface area contributed by atoms with E-state index in [1.54, 1.807) is 0 Å². The molecule has 2 heterocycles. The summed E-state index contributed by atoms with van der Waals surface area (Å²) in [4.78, 5) is 24.4. The van der Waals surface area contributed by atoms with E-state index in [2.05, 4.69) is 35.3 Å². The van der Waals surface area contributed by atoms with Gasteiger partial charge >= 0.3 is 0 Å². The van der Waals surface area contributed by atoms with Crippen LogP contribution in [0.1, 0.15) is 26.2 Å². The minimum absolute atomic E-state index is 0.00412. The van der Waals surface area contributed by atoms with Crippen molar-refractivity contribution in [1.82, 2.24) is 15.3 Å². The first kappa shape index (κ1) is 18.4. The molecule has 1 aliphatic rings. The Bertz CT molecular complexity index is 957. The maximum Gasteiger partial charge on any atom is 0.226 e. The van der Waals surface area contributed by atoms with Crippen LogP contribution in [0, 0.1) is 5.92 Å². The lowest BCUT2D eigenvalue weighted by Crippen LogP contribution is -2.43. The van der Waals surface area contributed by atoms with Crippen LogP contribution in [0.5, 0.6) is 0 Å². The highest BCUT2D eigenvalue weighted by Crippen LogP contribution is 2.29. The second-order valence-corrected chi connectivity index (χ2v) is 7.33. The quantitative estimate of drug-likeness (QED) is 0.732. The number of nitrogens with zero attached hydrogens (tertiary/aromatic N) is 3. The number of aromatic nitrogens is 2. The molecule has 0 saturated carbocycles. The Morgan fingerprint density at radius 1 is 1.11 bits per heavy atom. The number of hydrogen-bond donors (Lipinski definition) is 1. The molecule has 5 nitrogen and oxygen atoms in total. The fourth-order valence-corrected chi connectivity index (χ4v) is 3.79. The van der Waals surface area contributed by atoms with E-state index in [1.165, 1.54) is 0 Å². The lowest BCUT2D eigenvalue weighted by molar-refractivity contribution is -0.125. The molecule has 1 aliphatic heterocycles. The second kappa shape index (κ2) is 8.38. The summed E-state index contributed by atoms with van der Waals surface area (Å²) in [7, 11) is 0. The van der Waals surface area contributed by atoms with Crippen molar-refractivity contribution in [3.05, 3.63) is 54.6 Å². The number of nitrogens with one attached hydrogen (secondary N) is 1. The van der Waals surface area contributed by atoms with E-state index in [4.69, 9.17) is 9.97 Å². The molecule has 28 heavy (non-hydrogen) atoms. The summed E-state index contributed by atoms with van der Waals surface area (Å²) in [5, 5.41) is 4.08. The van der Waals surface area contributed by atoms with Gasteiger partial charge in [-0.2, -0.15) is 0 Å². The SMILES string of the molecule is CCCNC(=O)C1CCCN(c2nc(-c3ccccc3)c3ccccc3n2)C1. The maximum atomic E-state index is 12.5. The fraction of sp³-hybridized carbons (Fsp3) is 0.348. The lowest BCUT2D eigenvalue weighted by atomic mass is 9.97. The summed E-state index contributed by atoms with van der Waals surface area (Å²) in [5.74, 6) is 0.858. The van der Waals surface area contributed by atoms with Crippen LogP contribution in [-0.4, -0.2) is 35.5 Å². The minimum Gasteiger partial charge on any atom is -0.356 e. The average Bonchev–Trinajstić information content (AvgIpc) is 2.77. The number of fused-ring (bicyclic) bond motifs is 1. The van der Waals surface area contributed by atoms with Crippen molar-refractivity contribution in [3.63, 3.8) is 0 Å². The first-order chi connectivity index (χ1) is 13.8. The van der Waals surface area contributed by atoms with E-state index in [1.807, 2.05) is 36.4 Å². The van der Waals surface area contributed by atoms with Gasteiger partial charge in [0.1, 0.15) is 0 Å². The van der Waals surface area contributed by atoms with Crippen molar-refractivity contribution in [2.75, 3.05) is 24.5 Å². The lowest BCUT2D eigenvalue weighted by Gasteiger charge is -2.32. The average molecular weight is 374 g/mol. The summed E-state index contributed by atoms with van der Waals surface area (Å²) in [5.41, 5.74) is 2.96. The number of carbonyl (C=O) groups is 1. The highest BCUT2D eigenvalue weighted by atomic mass is 16.1. The Balaban J connectivity index is 1.68. The predicted octanol–water partition coefficient (Wildman–Crippen LogP) is 4.04. The monoisotopic (exact) mass is 374 g/mol. The summed E-state index contributed by atoms with van der Waals surface area (Å²) in [6, 6.07) is 18.4. The van der Waals surface area contributed by atoms with E-state index < -0.39 is 0 Å². The van der Waals surface area contributed by atoms with Crippen molar-refractivity contribution < 1.29 is 4.79 Å². The van der Waals surface area contributed by atoms with Crippen molar-refractivity contribution in [2.24, 2.45) is 5.92 Å². The third-order valence-corrected chi connectivity index (χ3v) is 5.26. The highest BCUT2D eigenvalue weighted by Gasteiger charge is 2.27. The summed E-state index contributed by atoms with van der Waals surface area (Å²) in [6.45, 7) is 4.35. The van der Waals surface area contributed by atoms with Crippen molar-refractivity contribution in [1.29, 1.82) is 0 Å². The molecular formula is C23H26N4O. The number of para-hydroxylation sites is 1. The molecule has 144 valence electrons. The third kappa shape index (κ3) is 3.84. The highest BCUT2D eigenvalue weighted by molar-refractivity contribution is 5.93. The van der Waals surface area contributed by atoms with Crippen LogP contribution in [0.2, 0.25) is 0 Å². The first-order valence-electron chi connectivity index (χ1n) is 10.1. The number of amides is 1. The number of anilines is 1. The Morgan fingerprint density at radius 2 is 1.89 bits per heavy atom.